The van der Waals surface area contributed by atoms with E-state index in [9.17, 15) is 4.79 Å². The fraction of sp³-hybridized carbons (Fsp3) is 0.417. The summed E-state index contributed by atoms with van der Waals surface area (Å²) in [6.07, 6.45) is 6.79. The van der Waals surface area contributed by atoms with Crippen molar-refractivity contribution in [1.82, 2.24) is 29.5 Å². The number of anilines is 1. The second-order valence-electron chi connectivity index (χ2n) is 8.99. The fourth-order valence-electron chi connectivity index (χ4n) is 4.65. The number of rotatable bonds is 4. The van der Waals surface area contributed by atoms with Gasteiger partial charge in [0.15, 0.2) is 11.6 Å². The van der Waals surface area contributed by atoms with Gasteiger partial charge in [0.25, 0.3) is 5.91 Å². The number of ether oxygens (including phenoxy) is 1. The number of nitrogens with two attached hydrogens (primary N) is 1. The molecule has 0 radical (unpaired) electrons. The molecule has 0 bridgehead atoms. The average molecular weight is 448 g/mol. The van der Waals surface area contributed by atoms with Gasteiger partial charge in [-0.1, -0.05) is 0 Å². The minimum atomic E-state index is -0.103. The van der Waals surface area contributed by atoms with Crippen LogP contribution in [0.1, 0.15) is 33.5 Å². The highest BCUT2D eigenvalue weighted by Crippen LogP contribution is 2.29. The van der Waals surface area contributed by atoms with Crippen LogP contribution in [0.2, 0.25) is 0 Å². The molecule has 1 unspecified atom stereocenters. The van der Waals surface area contributed by atoms with Gasteiger partial charge in [0, 0.05) is 38.5 Å². The fourth-order valence-corrected chi connectivity index (χ4v) is 4.65. The lowest BCUT2D eigenvalue weighted by Gasteiger charge is -2.27. The normalized spacial score (nSPS) is 18.3. The smallest absolute Gasteiger partial charge is 0.257 e. The predicted molar refractivity (Wildman–Crippen MR) is 125 cm³/mol. The van der Waals surface area contributed by atoms with E-state index >= 15 is 0 Å². The van der Waals surface area contributed by atoms with Crippen LogP contribution in [0, 0.1) is 6.92 Å². The molecule has 1 saturated heterocycles. The van der Waals surface area contributed by atoms with Crippen LogP contribution in [0.4, 0.5) is 5.82 Å². The number of hydrogen-bond donors (Lipinski definition) is 1. The lowest BCUT2D eigenvalue weighted by atomic mass is 9.92. The Balaban J connectivity index is 1.45. The van der Waals surface area contributed by atoms with Crippen molar-refractivity contribution in [1.29, 1.82) is 0 Å². The number of carbonyl (C=O) groups excluding carboxylic acids is 1. The summed E-state index contributed by atoms with van der Waals surface area (Å²) in [6.45, 7) is 5.38. The van der Waals surface area contributed by atoms with Crippen LogP contribution in [-0.2, 0) is 17.7 Å². The molecule has 0 spiro atoms. The molecule has 1 amide bonds. The minimum Gasteiger partial charge on any atom is -0.381 e. The van der Waals surface area contributed by atoms with Crippen molar-refractivity contribution in [2.45, 2.75) is 32.4 Å². The number of hydrogen-bond acceptors (Lipinski definition) is 7. The molecule has 4 heterocycles. The van der Waals surface area contributed by atoms with E-state index in [1.165, 1.54) is 21.4 Å². The molecule has 0 saturated carbocycles. The monoisotopic (exact) mass is 447 g/mol. The van der Waals surface area contributed by atoms with Gasteiger partial charge in [0.05, 0.1) is 36.3 Å². The molecule has 2 aliphatic heterocycles. The van der Waals surface area contributed by atoms with Crippen molar-refractivity contribution in [3.8, 4) is 17.1 Å². The summed E-state index contributed by atoms with van der Waals surface area (Å²) in [5.41, 5.74) is 12.4. The standard InChI is InChI=1S/C24H29N7O2/c1-15-8-16(9-17-12-29(2)6-4-20(15)17)21-11-26-22(25)23(28-21)31-13-18(10-27-31)24(32)30(3)19-5-7-33-14-19/h8-11,13,19H,4-7,12,14H2,1-3H3,(H2,25,26). The summed E-state index contributed by atoms with van der Waals surface area (Å²) in [6, 6.07) is 4.43. The molecule has 3 aromatic rings. The van der Waals surface area contributed by atoms with Gasteiger partial charge in [-0.15, -0.1) is 0 Å². The number of benzene rings is 1. The van der Waals surface area contributed by atoms with E-state index in [0.717, 1.165) is 37.2 Å². The second kappa shape index (κ2) is 8.57. The Labute approximate surface area is 193 Å². The SMILES string of the molecule is Cc1cc(-c2cnc(N)c(-n3cc(C(=O)N(C)C4CCOC4)cn3)n2)cc2c1CCN(C)C2. The lowest BCUT2D eigenvalue weighted by Crippen LogP contribution is -2.37. The van der Waals surface area contributed by atoms with E-state index in [0.29, 0.717) is 24.6 Å². The van der Waals surface area contributed by atoms with Gasteiger partial charge in [-0.25, -0.2) is 14.6 Å². The third-order valence-corrected chi connectivity index (χ3v) is 6.65. The highest BCUT2D eigenvalue weighted by Gasteiger charge is 2.26. The van der Waals surface area contributed by atoms with Crippen LogP contribution in [-0.4, -0.2) is 75.4 Å². The molecule has 1 fully saturated rings. The van der Waals surface area contributed by atoms with Crippen LogP contribution in [0.5, 0.6) is 0 Å². The van der Waals surface area contributed by atoms with E-state index in [2.05, 4.69) is 41.1 Å². The molecule has 33 heavy (non-hydrogen) atoms. The van der Waals surface area contributed by atoms with E-state index in [-0.39, 0.29) is 17.8 Å². The Hall–Kier alpha value is -3.30. The van der Waals surface area contributed by atoms with E-state index in [4.69, 9.17) is 15.5 Å². The molecule has 1 atom stereocenters. The zero-order valence-corrected chi connectivity index (χ0v) is 19.3. The quantitative estimate of drug-likeness (QED) is 0.653. The maximum absolute atomic E-state index is 12.9. The van der Waals surface area contributed by atoms with Crippen molar-refractivity contribution >= 4 is 11.7 Å². The maximum Gasteiger partial charge on any atom is 0.257 e. The first kappa shape index (κ1) is 21.5. The maximum atomic E-state index is 12.9. The van der Waals surface area contributed by atoms with Crippen molar-refractivity contribution in [2.24, 2.45) is 0 Å². The molecule has 1 aromatic carbocycles. The first-order valence-electron chi connectivity index (χ1n) is 11.2. The Kier molecular flexibility index (Phi) is 5.59. The molecule has 9 heteroatoms. The highest BCUT2D eigenvalue weighted by molar-refractivity contribution is 5.94. The molecule has 2 aliphatic rings. The number of likely N-dealkylation sites (N-methyl/N-ethyl adjacent to an activating group) is 2. The summed E-state index contributed by atoms with van der Waals surface area (Å²) in [5, 5.41) is 4.36. The van der Waals surface area contributed by atoms with Crippen molar-refractivity contribution in [3.05, 3.63) is 53.0 Å². The van der Waals surface area contributed by atoms with Crippen molar-refractivity contribution in [3.63, 3.8) is 0 Å². The Morgan fingerprint density at radius 2 is 2.15 bits per heavy atom. The number of aromatic nitrogens is 4. The van der Waals surface area contributed by atoms with Gasteiger partial charge in [-0.05, 0) is 55.6 Å². The van der Waals surface area contributed by atoms with E-state index in [1.54, 1.807) is 30.5 Å². The van der Waals surface area contributed by atoms with Crippen molar-refractivity contribution in [2.75, 3.05) is 39.6 Å². The summed E-state index contributed by atoms with van der Waals surface area (Å²) in [4.78, 5) is 26.1. The van der Waals surface area contributed by atoms with E-state index in [1.807, 2.05) is 0 Å². The predicted octanol–water partition coefficient (Wildman–Crippen LogP) is 2.07. The first-order chi connectivity index (χ1) is 15.9. The zero-order valence-electron chi connectivity index (χ0n) is 19.3. The lowest BCUT2D eigenvalue weighted by molar-refractivity contribution is 0.0711. The Bertz CT molecular complexity index is 1200. The molecule has 9 nitrogen and oxygen atoms in total. The van der Waals surface area contributed by atoms with Gasteiger partial charge in [0.2, 0.25) is 0 Å². The highest BCUT2D eigenvalue weighted by atomic mass is 16.5. The van der Waals surface area contributed by atoms with Crippen LogP contribution < -0.4 is 5.73 Å². The largest absolute Gasteiger partial charge is 0.381 e. The summed E-state index contributed by atoms with van der Waals surface area (Å²) >= 11 is 0. The molecule has 5 rings (SSSR count). The zero-order chi connectivity index (χ0) is 23.1. The van der Waals surface area contributed by atoms with Gasteiger partial charge in [-0.3, -0.25) is 4.79 Å². The molecular formula is C24H29N7O2. The third-order valence-electron chi connectivity index (χ3n) is 6.65. The number of fused-ring (bicyclic) bond motifs is 1. The van der Waals surface area contributed by atoms with Crippen LogP contribution in [0.25, 0.3) is 17.1 Å². The summed E-state index contributed by atoms with van der Waals surface area (Å²) < 4.78 is 6.93. The molecule has 2 aromatic heterocycles. The minimum absolute atomic E-state index is 0.0836. The van der Waals surface area contributed by atoms with Crippen LogP contribution >= 0.6 is 0 Å². The van der Waals surface area contributed by atoms with Gasteiger partial charge < -0.3 is 20.3 Å². The second-order valence-corrected chi connectivity index (χ2v) is 8.99. The third kappa shape index (κ3) is 4.09. The number of aryl methyl sites for hydroxylation is 1. The number of nitrogen functional groups attached to an aromatic ring is 1. The molecule has 172 valence electrons. The summed E-state index contributed by atoms with van der Waals surface area (Å²) in [5.74, 6) is 0.563. The van der Waals surface area contributed by atoms with Gasteiger partial charge in [-0.2, -0.15) is 5.10 Å². The Morgan fingerprint density at radius 1 is 1.30 bits per heavy atom. The Morgan fingerprint density at radius 3 is 2.94 bits per heavy atom. The van der Waals surface area contributed by atoms with Gasteiger partial charge >= 0.3 is 0 Å². The first-order valence-corrected chi connectivity index (χ1v) is 11.2. The number of nitrogens with zero attached hydrogens (tertiary/aromatic N) is 6. The number of carbonyl (C=O) groups is 1. The molecular weight excluding hydrogens is 418 g/mol. The van der Waals surface area contributed by atoms with Crippen LogP contribution in [0.3, 0.4) is 0 Å². The number of amides is 1. The molecule has 0 aliphatic carbocycles. The topological polar surface area (TPSA) is 102 Å². The van der Waals surface area contributed by atoms with E-state index < -0.39 is 0 Å². The van der Waals surface area contributed by atoms with Crippen molar-refractivity contribution < 1.29 is 9.53 Å². The van der Waals surface area contributed by atoms with Gasteiger partial charge in [0.1, 0.15) is 0 Å². The molecule has 2 N–H and O–H groups in total. The van der Waals surface area contributed by atoms with Crippen LogP contribution in [0.15, 0.2) is 30.7 Å². The average Bonchev–Trinajstić information content (AvgIpc) is 3.50. The summed E-state index contributed by atoms with van der Waals surface area (Å²) in [7, 11) is 3.93.